The summed E-state index contributed by atoms with van der Waals surface area (Å²) in [6.07, 6.45) is 0.659. The average Bonchev–Trinajstić information content (AvgIpc) is 4.15. The van der Waals surface area contributed by atoms with Crippen LogP contribution in [0.25, 0.3) is 0 Å². The second-order valence-corrected chi connectivity index (χ2v) is 19.5. The van der Waals surface area contributed by atoms with E-state index in [-0.39, 0.29) is 34.6 Å². The Kier molecular flexibility index (Phi) is 12.5. The molecule has 0 amide bonds. The van der Waals surface area contributed by atoms with Gasteiger partial charge in [0, 0.05) is 16.2 Å². The summed E-state index contributed by atoms with van der Waals surface area (Å²) >= 11 is 0. The summed E-state index contributed by atoms with van der Waals surface area (Å²) in [7, 11) is -2.40. The lowest BCUT2D eigenvalue weighted by Gasteiger charge is -2.27. The van der Waals surface area contributed by atoms with Gasteiger partial charge >= 0.3 is 9.53 Å². The molecule has 9 nitrogen and oxygen atoms in total. The summed E-state index contributed by atoms with van der Waals surface area (Å²) < 4.78 is 53.2. The number of ether oxygens (including phenoxy) is 6. The molecule has 0 aliphatic carbocycles. The fourth-order valence-corrected chi connectivity index (χ4v) is 8.74. The molecule has 9 rings (SSSR count). The maximum atomic E-state index is 6.59. The molecular formula is C54H57O9Si. The van der Waals surface area contributed by atoms with Gasteiger partial charge < -0.3 is 41.7 Å². The van der Waals surface area contributed by atoms with E-state index >= 15 is 0 Å². The highest BCUT2D eigenvalue weighted by atomic mass is 28.3. The van der Waals surface area contributed by atoms with E-state index in [1.54, 1.807) is 0 Å². The molecule has 3 fully saturated rings. The molecule has 0 aromatic heterocycles. The Hall–Kier alpha value is -5.78. The summed E-state index contributed by atoms with van der Waals surface area (Å²) in [4.78, 5) is 0. The van der Waals surface area contributed by atoms with Crippen molar-refractivity contribution in [3.63, 3.8) is 0 Å². The van der Waals surface area contributed by atoms with Gasteiger partial charge in [0.2, 0.25) is 0 Å². The van der Waals surface area contributed by atoms with Crippen molar-refractivity contribution >= 4 is 9.53 Å². The second kappa shape index (κ2) is 18.4. The third-order valence-corrected chi connectivity index (χ3v) is 13.8. The Morgan fingerprint density at radius 2 is 0.531 bits per heavy atom. The van der Waals surface area contributed by atoms with E-state index in [2.05, 4.69) is 114 Å². The first kappa shape index (κ1) is 43.5. The van der Waals surface area contributed by atoms with Gasteiger partial charge in [-0.3, -0.25) is 0 Å². The molecule has 0 spiro atoms. The lowest BCUT2D eigenvalue weighted by molar-refractivity contribution is 0.263. The van der Waals surface area contributed by atoms with Crippen LogP contribution >= 0.6 is 0 Å². The number of epoxide rings is 3. The second-order valence-electron chi connectivity index (χ2n) is 18.4. The average molecular weight is 878 g/mol. The number of rotatable bonds is 21. The van der Waals surface area contributed by atoms with Crippen LogP contribution in [0.3, 0.4) is 0 Å². The number of hydrogen-bond acceptors (Lipinski definition) is 9. The highest BCUT2D eigenvalue weighted by molar-refractivity contribution is 6.39. The number of benzene rings is 6. The molecule has 0 bridgehead atoms. The summed E-state index contributed by atoms with van der Waals surface area (Å²) in [6.45, 7) is 17.4. The normalized spacial score (nSPS) is 18.0. The van der Waals surface area contributed by atoms with Crippen LogP contribution in [0.1, 0.15) is 74.9 Å². The van der Waals surface area contributed by atoms with Gasteiger partial charge in [-0.1, -0.05) is 114 Å². The largest absolute Gasteiger partial charge is 0.818 e. The van der Waals surface area contributed by atoms with E-state index in [0.717, 1.165) is 53.8 Å². The highest BCUT2D eigenvalue weighted by Gasteiger charge is 2.32. The Morgan fingerprint density at radius 3 is 0.719 bits per heavy atom. The maximum absolute atomic E-state index is 6.59. The predicted molar refractivity (Wildman–Crippen MR) is 248 cm³/mol. The van der Waals surface area contributed by atoms with E-state index in [1.165, 1.54) is 16.7 Å². The summed E-state index contributed by atoms with van der Waals surface area (Å²) in [5.74, 6) is 4.50. The van der Waals surface area contributed by atoms with Crippen LogP contribution in [0.5, 0.6) is 34.5 Å². The minimum atomic E-state index is -2.40. The van der Waals surface area contributed by atoms with E-state index in [9.17, 15) is 0 Å². The zero-order chi connectivity index (χ0) is 44.3. The first-order chi connectivity index (χ1) is 30.9. The standard InChI is InChI=1S/C54H57O9Si/c1-52(2,37-7-19-43(20-8-37)55-31-49-34-58-49)40-13-25-46(26-14-40)61-64(62-47-27-15-41(16-28-47)53(3,4)38-9-21-44(22-10-38)56-32-50-35-59-50)63-48-29-17-42(18-30-48)54(5,6)39-11-23-45(24-12-39)57-33-51-36-60-51/h7-30,49-51H,31-36H2,1-6H3. The Balaban J connectivity index is 0.900. The van der Waals surface area contributed by atoms with Crippen LogP contribution in [-0.4, -0.2) is 67.5 Å². The van der Waals surface area contributed by atoms with E-state index in [1.807, 2.05) is 72.8 Å². The molecular weight excluding hydrogens is 821 g/mol. The van der Waals surface area contributed by atoms with E-state index < -0.39 is 9.53 Å². The van der Waals surface area contributed by atoms with Crippen molar-refractivity contribution in [3.8, 4) is 34.5 Å². The molecule has 0 saturated carbocycles. The molecule has 10 heteroatoms. The van der Waals surface area contributed by atoms with Crippen LogP contribution in [-0.2, 0) is 30.5 Å². The Labute approximate surface area is 379 Å². The minimum absolute atomic E-state index is 0.220. The fraction of sp³-hybridized carbons (Fsp3) is 0.333. The molecule has 331 valence electrons. The van der Waals surface area contributed by atoms with Crippen molar-refractivity contribution in [2.75, 3.05) is 39.6 Å². The highest BCUT2D eigenvalue weighted by Crippen LogP contribution is 2.37. The quantitative estimate of drug-likeness (QED) is 0.0518. The topological polar surface area (TPSA) is 93.0 Å². The van der Waals surface area contributed by atoms with Crippen molar-refractivity contribution in [2.24, 2.45) is 0 Å². The minimum Gasteiger partial charge on any atom is -0.491 e. The van der Waals surface area contributed by atoms with Crippen molar-refractivity contribution < 1.29 is 41.7 Å². The molecule has 3 saturated heterocycles. The van der Waals surface area contributed by atoms with Crippen molar-refractivity contribution in [1.82, 2.24) is 0 Å². The number of hydrogen-bond donors (Lipinski definition) is 0. The van der Waals surface area contributed by atoms with Crippen LogP contribution in [0, 0.1) is 0 Å². The first-order valence-electron chi connectivity index (χ1n) is 22.2. The first-order valence-corrected chi connectivity index (χ1v) is 23.4. The van der Waals surface area contributed by atoms with E-state index in [4.69, 9.17) is 41.7 Å². The molecule has 3 atom stereocenters. The molecule has 6 aromatic carbocycles. The summed E-state index contributed by atoms with van der Waals surface area (Å²) in [6, 6.07) is 49.5. The zero-order valence-electron chi connectivity index (χ0n) is 37.5. The van der Waals surface area contributed by atoms with Gasteiger partial charge in [0.15, 0.2) is 0 Å². The molecule has 1 radical (unpaired) electrons. The van der Waals surface area contributed by atoms with Gasteiger partial charge in [0.05, 0.1) is 19.8 Å². The smallest absolute Gasteiger partial charge is 0.491 e. The third kappa shape index (κ3) is 10.8. The predicted octanol–water partition coefficient (Wildman–Crippen LogP) is 10.5. The van der Waals surface area contributed by atoms with Crippen LogP contribution in [0.2, 0.25) is 0 Å². The van der Waals surface area contributed by atoms with Crippen molar-refractivity contribution in [1.29, 1.82) is 0 Å². The van der Waals surface area contributed by atoms with Gasteiger partial charge in [-0.05, 0) is 106 Å². The van der Waals surface area contributed by atoms with Gasteiger partial charge in [0.1, 0.15) is 72.6 Å². The van der Waals surface area contributed by atoms with Gasteiger partial charge in [0.25, 0.3) is 0 Å². The lowest BCUT2D eigenvalue weighted by Crippen LogP contribution is -2.37. The van der Waals surface area contributed by atoms with Gasteiger partial charge in [-0.2, -0.15) is 0 Å². The Bertz CT molecular complexity index is 2160. The zero-order valence-corrected chi connectivity index (χ0v) is 38.5. The molecule has 0 N–H and O–H groups in total. The molecule has 3 aliphatic heterocycles. The van der Waals surface area contributed by atoms with Crippen LogP contribution in [0.15, 0.2) is 146 Å². The molecule has 3 aliphatic rings. The van der Waals surface area contributed by atoms with Crippen LogP contribution < -0.4 is 27.5 Å². The molecule has 6 aromatic rings. The third-order valence-electron chi connectivity index (χ3n) is 12.6. The maximum Gasteiger partial charge on any atom is 0.818 e. The van der Waals surface area contributed by atoms with E-state index in [0.29, 0.717) is 37.1 Å². The fourth-order valence-electron chi connectivity index (χ4n) is 7.63. The Morgan fingerprint density at radius 1 is 0.344 bits per heavy atom. The lowest BCUT2D eigenvalue weighted by atomic mass is 9.78. The summed E-state index contributed by atoms with van der Waals surface area (Å²) in [5.41, 5.74) is 6.22. The SMILES string of the molecule is CC(C)(c1ccc(OCC2CO2)cc1)c1ccc(O[Si](Oc2ccc(C(C)(C)c3ccc(OCC4CO4)cc3)cc2)Oc2ccc(C(C)(C)c3ccc(OCC4CO4)cc3)cc2)cc1. The van der Waals surface area contributed by atoms with Crippen molar-refractivity contribution in [2.45, 2.75) is 76.1 Å². The van der Waals surface area contributed by atoms with Gasteiger partial charge in [-0.15, -0.1) is 0 Å². The summed E-state index contributed by atoms with van der Waals surface area (Å²) in [5, 5.41) is 0. The molecule has 64 heavy (non-hydrogen) atoms. The van der Waals surface area contributed by atoms with Crippen molar-refractivity contribution in [3.05, 3.63) is 179 Å². The molecule has 3 heterocycles. The molecule has 3 unspecified atom stereocenters. The van der Waals surface area contributed by atoms with Gasteiger partial charge in [-0.25, -0.2) is 0 Å². The monoisotopic (exact) mass is 877 g/mol. The van der Waals surface area contributed by atoms with Crippen LogP contribution in [0.4, 0.5) is 0 Å².